The Balaban J connectivity index is 1.42. The summed E-state index contributed by atoms with van der Waals surface area (Å²) in [5.41, 5.74) is 0.849. The first kappa shape index (κ1) is 22.4. The van der Waals surface area contributed by atoms with Gasteiger partial charge < -0.3 is 15.0 Å². The Morgan fingerprint density at radius 2 is 1.79 bits per heavy atom. The fraction of sp³-hybridized carbons (Fsp3) is 0.238. The molecule has 12 heteroatoms. The summed E-state index contributed by atoms with van der Waals surface area (Å²) in [5, 5.41) is 15.7. The minimum Gasteiger partial charge on any atom is -0.497 e. The maximum Gasteiger partial charge on any atom is 0.286 e. The van der Waals surface area contributed by atoms with Crippen LogP contribution in [0.15, 0.2) is 58.2 Å². The third-order valence-electron chi connectivity index (χ3n) is 5.27. The third kappa shape index (κ3) is 4.71. The molecule has 1 aliphatic heterocycles. The van der Waals surface area contributed by atoms with Crippen LogP contribution in [0, 0.1) is 0 Å². The summed E-state index contributed by atoms with van der Waals surface area (Å²) in [6, 6.07) is 13.4. The molecule has 172 valence electrons. The lowest BCUT2D eigenvalue weighted by molar-refractivity contribution is 0.0945. The first-order valence-corrected chi connectivity index (χ1v) is 11.6. The van der Waals surface area contributed by atoms with Gasteiger partial charge in [-0.15, -0.1) is 10.2 Å². The number of fused-ring (bicyclic) bond motifs is 1. The highest BCUT2D eigenvalue weighted by atomic mass is 32.2. The number of benzene rings is 2. The minimum atomic E-state index is -3.76. The molecule has 0 bridgehead atoms. The van der Waals surface area contributed by atoms with Gasteiger partial charge in [0, 0.05) is 25.3 Å². The van der Waals surface area contributed by atoms with E-state index in [0.29, 0.717) is 31.2 Å². The molecular formula is C21H22N6O5S. The Hall–Kier alpha value is -3.77. The van der Waals surface area contributed by atoms with Crippen LogP contribution in [-0.2, 0) is 23.0 Å². The number of nitrogens with zero attached hydrogens (tertiary/aromatic N) is 4. The van der Waals surface area contributed by atoms with Gasteiger partial charge in [-0.3, -0.25) is 14.2 Å². The lowest BCUT2D eigenvalue weighted by Gasteiger charge is -2.17. The average molecular weight is 471 g/mol. The molecule has 2 heterocycles. The summed E-state index contributed by atoms with van der Waals surface area (Å²) in [6.07, 6.45) is 0.432. The van der Waals surface area contributed by atoms with E-state index in [4.69, 9.17) is 9.88 Å². The van der Waals surface area contributed by atoms with Crippen LogP contribution in [0.5, 0.6) is 5.75 Å². The van der Waals surface area contributed by atoms with Crippen molar-refractivity contribution in [3.63, 3.8) is 0 Å². The van der Waals surface area contributed by atoms with Gasteiger partial charge in [-0.2, -0.15) is 0 Å². The molecule has 1 aliphatic rings. The number of hydrogen-bond acceptors (Lipinski definition) is 8. The second-order valence-electron chi connectivity index (χ2n) is 7.35. The van der Waals surface area contributed by atoms with Crippen molar-refractivity contribution in [2.45, 2.75) is 17.9 Å². The van der Waals surface area contributed by atoms with Gasteiger partial charge in [0.1, 0.15) is 5.75 Å². The minimum absolute atomic E-state index is 0.0143. The lowest BCUT2D eigenvalue weighted by atomic mass is 10.1. The molecule has 0 radical (unpaired) electrons. The van der Waals surface area contributed by atoms with Crippen LogP contribution in [0.3, 0.4) is 0 Å². The topological polar surface area (TPSA) is 150 Å². The standard InChI is InChI=1S/C21H22N6O5S/c1-32-16-6-4-15(5-7-16)26-12-13-27-20(29)18(24-25-21(26)27)19(28)23-11-10-14-2-8-17(9-3-14)33(22,30)31/h2-9H,10-13H2,1H3,(H,23,28)(H2,22,30,31). The van der Waals surface area contributed by atoms with Crippen molar-refractivity contribution in [2.75, 3.05) is 25.1 Å². The number of nitrogens with one attached hydrogen (secondary N) is 1. The van der Waals surface area contributed by atoms with E-state index in [1.165, 1.54) is 16.7 Å². The molecular weight excluding hydrogens is 448 g/mol. The Kier molecular flexibility index (Phi) is 6.11. The molecule has 0 fully saturated rings. The summed E-state index contributed by atoms with van der Waals surface area (Å²) in [6.45, 7) is 1.14. The lowest BCUT2D eigenvalue weighted by Crippen LogP contribution is -2.35. The number of sulfonamides is 1. The van der Waals surface area contributed by atoms with Gasteiger partial charge in [0.05, 0.1) is 12.0 Å². The Morgan fingerprint density at radius 1 is 1.09 bits per heavy atom. The van der Waals surface area contributed by atoms with Crippen molar-refractivity contribution in [1.82, 2.24) is 20.1 Å². The Bertz CT molecular complexity index is 1340. The fourth-order valence-electron chi connectivity index (χ4n) is 3.51. The molecule has 1 amide bonds. The number of methoxy groups -OCH3 is 1. The molecule has 33 heavy (non-hydrogen) atoms. The largest absolute Gasteiger partial charge is 0.497 e. The smallest absolute Gasteiger partial charge is 0.286 e. The quantitative estimate of drug-likeness (QED) is 0.504. The molecule has 0 saturated carbocycles. The predicted molar refractivity (Wildman–Crippen MR) is 120 cm³/mol. The summed E-state index contributed by atoms with van der Waals surface area (Å²) in [7, 11) is -2.17. The summed E-state index contributed by atoms with van der Waals surface area (Å²) < 4.78 is 29.2. The van der Waals surface area contributed by atoms with Crippen molar-refractivity contribution in [1.29, 1.82) is 0 Å². The van der Waals surface area contributed by atoms with Gasteiger partial charge in [0.2, 0.25) is 21.7 Å². The summed E-state index contributed by atoms with van der Waals surface area (Å²) in [4.78, 5) is 27.2. The van der Waals surface area contributed by atoms with Crippen LogP contribution in [0.2, 0.25) is 0 Å². The molecule has 0 spiro atoms. The van der Waals surface area contributed by atoms with Crippen LogP contribution in [-0.4, -0.2) is 49.3 Å². The number of ether oxygens (including phenoxy) is 1. The number of aromatic nitrogens is 3. The van der Waals surface area contributed by atoms with Crippen LogP contribution in [0.1, 0.15) is 16.1 Å². The van der Waals surface area contributed by atoms with Crippen molar-refractivity contribution in [2.24, 2.45) is 5.14 Å². The van der Waals surface area contributed by atoms with E-state index in [2.05, 4.69) is 15.5 Å². The van der Waals surface area contributed by atoms with E-state index in [0.717, 1.165) is 11.3 Å². The maximum atomic E-state index is 12.8. The highest BCUT2D eigenvalue weighted by molar-refractivity contribution is 7.89. The highest BCUT2D eigenvalue weighted by Crippen LogP contribution is 2.28. The van der Waals surface area contributed by atoms with E-state index >= 15 is 0 Å². The number of rotatable bonds is 7. The van der Waals surface area contributed by atoms with Crippen molar-refractivity contribution >= 4 is 27.6 Å². The van der Waals surface area contributed by atoms with Gasteiger partial charge in [-0.25, -0.2) is 13.6 Å². The molecule has 4 rings (SSSR count). The molecule has 0 unspecified atom stereocenters. The normalized spacial score (nSPS) is 13.0. The Morgan fingerprint density at radius 3 is 2.42 bits per heavy atom. The van der Waals surface area contributed by atoms with Crippen LogP contribution in [0.25, 0.3) is 0 Å². The molecule has 11 nitrogen and oxygen atoms in total. The van der Waals surface area contributed by atoms with E-state index in [9.17, 15) is 18.0 Å². The van der Waals surface area contributed by atoms with E-state index in [1.807, 2.05) is 29.2 Å². The Labute approximate surface area is 189 Å². The molecule has 0 atom stereocenters. The molecule has 2 aromatic carbocycles. The molecule has 1 aromatic heterocycles. The zero-order valence-corrected chi connectivity index (χ0v) is 18.6. The number of primary sulfonamides is 1. The highest BCUT2D eigenvalue weighted by Gasteiger charge is 2.27. The van der Waals surface area contributed by atoms with Gasteiger partial charge in [0.25, 0.3) is 11.5 Å². The molecule has 0 saturated heterocycles. The first-order chi connectivity index (χ1) is 15.8. The summed E-state index contributed by atoms with van der Waals surface area (Å²) >= 11 is 0. The third-order valence-corrected chi connectivity index (χ3v) is 6.20. The SMILES string of the molecule is COc1ccc(N2CCn3c2nnc(C(=O)NCCc2ccc(S(N)(=O)=O)cc2)c3=O)cc1. The van der Waals surface area contributed by atoms with Gasteiger partial charge in [0.15, 0.2) is 0 Å². The van der Waals surface area contributed by atoms with Crippen LogP contribution in [0.4, 0.5) is 11.6 Å². The van der Waals surface area contributed by atoms with Gasteiger partial charge in [-0.1, -0.05) is 12.1 Å². The molecule has 3 N–H and O–H groups in total. The van der Waals surface area contributed by atoms with Crippen LogP contribution >= 0.6 is 0 Å². The number of amides is 1. The fourth-order valence-corrected chi connectivity index (χ4v) is 4.03. The van der Waals surface area contributed by atoms with E-state index < -0.39 is 21.5 Å². The monoisotopic (exact) mass is 470 g/mol. The maximum absolute atomic E-state index is 12.8. The number of nitrogens with two attached hydrogens (primary N) is 1. The number of carbonyl (C=O) groups excluding carboxylic acids is 1. The molecule has 3 aromatic rings. The van der Waals surface area contributed by atoms with Crippen molar-refractivity contribution in [3.05, 3.63) is 70.1 Å². The zero-order valence-electron chi connectivity index (χ0n) is 17.8. The van der Waals surface area contributed by atoms with E-state index in [1.54, 1.807) is 19.2 Å². The summed E-state index contributed by atoms with van der Waals surface area (Å²) in [5.74, 6) is 0.470. The second kappa shape index (κ2) is 9.00. The van der Waals surface area contributed by atoms with E-state index in [-0.39, 0.29) is 17.1 Å². The number of anilines is 2. The average Bonchev–Trinajstić information content (AvgIpc) is 3.24. The van der Waals surface area contributed by atoms with Gasteiger partial charge >= 0.3 is 0 Å². The predicted octanol–water partition coefficient (Wildman–Crippen LogP) is 0.419. The van der Waals surface area contributed by atoms with Crippen molar-refractivity contribution in [3.8, 4) is 5.75 Å². The number of carbonyl (C=O) groups is 1. The second-order valence-corrected chi connectivity index (χ2v) is 8.91. The number of hydrogen-bond donors (Lipinski definition) is 2. The van der Waals surface area contributed by atoms with Gasteiger partial charge in [-0.05, 0) is 48.4 Å². The molecule has 0 aliphatic carbocycles. The zero-order chi connectivity index (χ0) is 23.6. The first-order valence-electron chi connectivity index (χ1n) is 10.1. The van der Waals surface area contributed by atoms with Crippen molar-refractivity contribution < 1.29 is 17.9 Å². The van der Waals surface area contributed by atoms with Crippen LogP contribution < -0.4 is 25.7 Å².